The van der Waals surface area contributed by atoms with Gasteiger partial charge >= 0.3 is 0 Å². The van der Waals surface area contributed by atoms with E-state index in [1.807, 2.05) is 30.3 Å². The number of phenolic OH excluding ortho intramolecular Hbond substituents is 1. The number of aromatic hydroxyl groups is 1. The van der Waals surface area contributed by atoms with Gasteiger partial charge in [-0.3, -0.25) is 5.43 Å². The summed E-state index contributed by atoms with van der Waals surface area (Å²) in [5.74, 6) is 0.863. The molecule has 0 saturated carbocycles. The summed E-state index contributed by atoms with van der Waals surface area (Å²) in [4.78, 5) is 10.8. The maximum atomic E-state index is 10.2. The van der Waals surface area contributed by atoms with Gasteiger partial charge in [0.15, 0.2) is 5.82 Å². The van der Waals surface area contributed by atoms with Crippen LogP contribution in [0.2, 0.25) is 0 Å². The number of hydrogen-bond acceptors (Lipinski definition) is 6. The molecule has 124 valence electrons. The summed E-state index contributed by atoms with van der Waals surface area (Å²) in [5, 5.41) is 17.5. The molecule has 2 N–H and O–H groups in total. The Morgan fingerprint density at radius 3 is 2.84 bits per heavy atom. The number of nitrogens with one attached hydrogen (secondary N) is 1. The van der Waals surface area contributed by atoms with E-state index in [0.717, 1.165) is 26.6 Å². The first-order valence-corrected chi connectivity index (χ1v) is 8.67. The zero-order valence-electron chi connectivity index (χ0n) is 13.8. The molecule has 0 spiro atoms. The Hall–Kier alpha value is -2.99. The van der Waals surface area contributed by atoms with Crippen LogP contribution in [0.4, 0.5) is 5.82 Å². The van der Waals surface area contributed by atoms with E-state index in [0.29, 0.717) is 11.4 Å². The van der Waals surface area contributed by atoms with Gasteiger partial charge in [0.05, 0.1) is 11.6 Å². The Morgan fingerprint density at radius 1 is 1.12 bits per heavy atom. The lowest BCUT2D eigenvalue weighted by Gasteiger charge is -2.05. The summed E-state index contributed by atoms with van der Waals surface area (Å²) in [5.41, 5.74) is 4.83. The van der Waals surface area contributed by atoms with Crippen LogP contribution in [0.25, 0.3) is 21.0 Å². The van der Waals surface area contributed by atoms with Crippen molar-refractivity contribution in [1.29, 1.82) is 0 Å². The fraction of sp³-hybridized carbons (Fsp3) is 0.105. The van der Waals surface area contributed by atoms with Crippen molar-refractivity contribution in [2.75, 3.05) is 5.43 Å². The van der Waals surface area contributed by atoms with Crippen LogP contribution in [0.5, 0.6) is 5.75 Å². The fourth-order valence-corrected chi connectivity index (χ4v) is 3.84. The Morgan fingerprint density at radius 2 is 1.96 bits per heavy atom. The Kier molecular flexibility index (Phi) is 3.82. The van der Waals surface area contributed by atoms with Crippen molar-refractivity contribution < 1.29 is 5.11 Å². The first-order valence-electron chi connectivity index (χ1n) is 7.85. The topological polar surface area (TPSA) is 70.4 Å². The van der Waals surface area contributed by atoms with Crippen molar-refractivity contribution in [3.05, 3.63) is 58.7 Å². The molecule has 2 aromatic carbocycles. The number of aryl methyl sites for hydroxylation is 2. The van der Waals surface area contributed by atoms with E-state index >= 15 is 0 Å². The van der Waals surface area contributed by atoms with Gasteiger partial charge in [0.2, 0.25) is 0 Å². The third-order valence-electron chi connectivity index (χ3n) is 4.28. The van der Waals surface area contributed by atoms with Crippen LogP contribution in [0.15, 0.2) is 47.8 Å². The van der Waals surface area contributed by atoms with Gasteiger partial charge in [-0.15, -0.1) is 11.3 Å². The SMILES string of the molecule is Cc1sc2ncnc(NN=Cc3c(O)ccc4ccccc34)c2c1C. The zero-order chi connectivity index (χ0) is 17.4. The molecule has 0 aliphatic heterocycles. The number of benzene rings is 2. The predicted molar refractivity (Wildman–Crippen MR) is 104 cm³/mol. The normalized spacial score (nSPS) is 11.6. The van der Waals surface area contributed by atoms with Crippen LogP contribution in [0.1, 0.15) is 16.0 Å². The highest BCUT2D eigenvalue weighted by Gasteiger charge is 2.11. The molecular weight excluding hydrogens is 332 g/mol. The summed E-state index contributed by atoms with van der Waals surface area (Å²) >= 11 is 1.64. The number of hydrazone groups is 1. The number of hydrogen-bond donors (Lipinski definition) is 2. The van der Waals surface area contributed by atoms with Gasteiger partial charge in [-0.25, -0.2) is 9.97 Å². The van der Waals surface area contributed by atoms with Crippen molar-refractivity contribution in [3.8, 4) is 5.75 Å². The second kappa shape index (κ2) is 6.14. The summed E-state index contributed by atoms with van der Waals surface area (Å²) < 4.78 is 0. The van der Waals surface area contributed by atoms with Crippen molar-refractivity contribution in [3.63, 3.8) is 0 Å². The van der Waals surface area contributed by atoms with E-state index in [1.54, 1.807) is 23.6 Å². The summed E-state index contributed by atoms with van der Waals surface area (Å²) in [6, 6.07) is 11.5. The number of fused-ring (bicyclic) bond motifs is 2. The molecule has 2 heterocycles. The van der Waals surface area contributed by atoms with Crippen molar-refractivity contribution in [2.45, 2.75) is 13.8 Å². The molecule has 4 rings (SSSR count). The van der Waals surface area contributed by atoms with E-state index in [4.69, 9.17) is 0 Å². The quantitative estimate of drug-likeness (QED) is 0.419. The minimum atomic E-state index is 0.194. The molecule has 0 fully saturated rings. The molecule has 5 nitrogen and oxygen atoms in total. The van der Waals surface area contributed by atoms with Crippen molar-refractivity contribution >= 4 is 44.4 Å². The number of phenols is 1. The van der Waals surface area contributed by atoms with E-state index in [9.17, 15) is 5.11 Å². The van der Waals surface area contributed by atoms with E-state index in [2.05, 4.69) is 34.3 Å². The molecule has 0 amide bonds. The molecule has 25 heavy (non-hydrogen) atoms. The van der Waals surface area contributed by atoms with Gasteiger partial charge < -0.3 is 5.11 Å². The maximum absolute atomic E-state index is 10.2. The first kappa shape index (κ1) is 15.5. The Bertz CT molecular complexity index is 1120. The number of rotatable bonds is 3. The molecule has 0 atom stereocenters. The lowest BCUT2D eigenvalue weighted by Crippen LogP contribution is -1.96. The van der Waals surface area contributed by atoms with Gasteiger partial charge in [-0.05, 0) is 36.2 Å². The third kappa shape index (κ3) is 2.70. The first-order chi connectivity index (χ1) is 12.1. The van der Waals surface area contributed by atoms with Crippen LogP contribution in [-0.2, 0) is 0 Å². The van der Waals surface area contributed by atoms with Crippen LogP contribution in [-0.4, -0.2) is 21.3 Å². The van der Waals surface area contributed by atoms with Gasteiger partial charge in [-0.1, -0.05) is 30.3 Å². The number of thiophene rings is 1. The molecule has 0 aliphatic carbocycles. The molecule has 4 aromatic rings. The minimum absolute atomic E-state index is 0.194. The lowest BCUT2D eigenvalue weighted by molar-refractivity contribution is 0.475. The van der Waals surface area contributed by atoms with Crippen molar-refractivity contribution in [1.82, 2.24) is 9.97 Å². The van der Waals surface area contributed by atoms with Crippen LogP contribution in [0, 0.1) is 13.8 Å². The number of anilines is 1. The molecule has 2 aromatic heterocycles. The number of nitrogens with zero attached hydrogens (tertiary/aromatic N) is 3. The van der Waals surface area contributed by atoms with Crippen LogP contribution >= 0.6 is 11.3 Å². The number of aromatic nitrogens is 2. The minimum Gasteiger partial charge on any atom is -0.507 e. The van der Waals surface area contributed by atoms with Crippen molar-refractivity contribution in [2.24, 2.45) is 5.10 Å². The van der Waals surface area contributed by atoms with E-state index in [1.165, 1.54) is 11.2 Å². The Balaban J connectivity index is 1.72. The summed E-state index contributed by atoms with van der Waals surface area (Å²) in [7, 11) is 0. The average molecular weight is 348 g/mol. The smallest absolute Gasteiger partial charge is 0.158 e. The highest BCUT2D eigenvalue weighted by molar-refractivity contribution is 7.18. The molecule has 0 aliphatic rings. The molecule has 0 unspecified atom stereocenters. The molecule has 0 saturated heterocycles. The summed E-state index contributed by atoms with van der Waals surface area (Å²) in [6.07, 6.45) is 3.16. The lowest BCUT2D eigenvalue weighted by atomic mass is 10.0. The molecular formula is C19H16N4OS. The van der Waals surface area contributed by atoms with E-state index < -0.39 is 0 Å². The van der Waals surface area contributed by atoms with Gasteiger partial charge in [0, 0.05) is 10.4 Å². The fourth-order valence-electron chi connectivity index (χ4n) is 2.84. The average Bonchev–Trinajstić information content (AvgIpc) is 2.92. The highest BCUT2D eigenvalue weighted by Crippen LogP contribution is 2.32. The second-order valence-corrected chi connectivity index (χ2v) is 6.98. The van der Waals surface area contributed by atoms with Crippen LogP contribution in [0.3, 0.4) is 0 Å². The zero-order valence-corrected chi connectivity index (χ0v) is 14.6. The standard InChI is InChI=1S/C19H16N4OS/c1-11-12(2)25-19-17(11)18(20-10-21-19)23-22-9-15-14-6-4-3-5-13(14)7-8-16(15)24/h3-10,24H,1-2H3,(H,20,21,23). The second-order valence-electron chi connectivity index (χ2n) is 5.78. The monoisotopic (exact) mass is 348 g/mol. The molecule has 0 radical (unpaired) electrons. The summed E-state index contributed by atoms with van der Waals surface area (Å²) in [6.45, 7) is 4.13. The maximum Gasteiger partial charge on any atom is 0.158 e. The largest absolute Gasteiger partial charge is 0.507 e. The third-order valence-corrected chi connectivity index (χ3v) is 5.39. The molecule has 0 bridgehead atoms. The van der Waals surface area contributed by atoms with Crippen LogP contribution < -0.4 is 5.43 Å². The molecule has 6 heteroatoms. The van der Waals surface area contributed by atoms with Gasteiger partial charge in [-0.2, -0.15) is 5.10 Å². The Labute approximate surface area is 148 Å². The highest BCUT2D eigenvalue weighted by atomic mass is 32.1. The van der Waals surface area contributed by atoms with Gasteiger partial charge in [0.1, 0.15) is 16.9 Å². The predicted octanol–water partition coefficient (Wildman–Crippen LogP) is 4.61. The van der Waals surface area contributed by atoms with E-state index in [-0.39, 0.29) is 5.75 Å². The van der Waals surface area contributed by atoms with Gasteiger partial charge in [0.25, 0.3) is 0 Å².